The molecule has 0 saturated heterocycles. The van der Waals surface area contributed by atoms with E-state index in [1.165, 1.54) is 37.8 Å². The van der Waals surface area contributed by atoms with Gasteiger partial charge in [-0.1, -0.05) is 67.9 Å². The maximum Gasteiger partial charge on any atom is 0.310 e. The number of carbonyl (C=O) groups is 1. The number of esters is 1. The fraction of sp³-hybridized carbons (Fsp3) is 0.321. The maximum atomic E-state index is 12.6. The second-order valence-corrected chi connectivity index (χ2v) is 9.32. The van der Waals surface area contributed by atoms with Crippen LogP contribution in [0.15, 0.2) is 65.6 Å². The zero-order chi connectivity index (χ0) is 22.7. The molecule has 0 unspecified atom stereocenters. The van der Waals surface area contributed by atoms with Crippen LogP contribution < -0.4 is 0 Å². The summed E-state index contributed by atoms with van der Waals surface area (Å²) >= 11 is 1.72. The largest absolute Gasteiger partial charge is 0.463 e. The fourth-order valence-corrected chi connectivity index (χ4v) is 5.38. The second-order valence-electron chi connectivity index (χ2n) is 8.51. The minimum absolute atomic E-state index is 0.108. The molecule has 0 N–H and O–H groups in total. The van der Waals surface area contributed by atoms with E-state index in [9.17, 15) is 4.79 Å². The number of ether oxygens (including phenoxy) is 1. The van der Waals surface area contributed by atoms with E-state index in [0.29, 0.717) is 6.42 Å². The number of rotatable bonds is 8. The van der Waals surface area contributed by atoms with Crippen molar-refractivity contribution in [3.63, 3.8) is 0 Å². The van der Waals surface area contributed by atoms with Gasteiger partial charge in [0.05, 0.1) is 18.0 Å². The van der Waals surface area contributed by atoms with E-state index < -0.39 is 0 Å². The zero-order valence-corrected chi connectivity index (χ0v) is 20.2. The van der Waals surface area contributed by atoms with Crippen molar-refractivity contribution in [2.24, 2.45) is 0 Å². The van der Waals surface area contributed by atoms with E-state index in [1.54, 1.807) is 11.8 Å². The Labute approximate surface area is 194 Å². The first kappa shape index (κ1) is 22.5. The Kier molecular flexibility index (Phi) is 6.90. The number of fused-ring (bicyclic) bond motifs is 3. The van der Waals surface area contributed by atoms with E-state index in [1.807, 2.05) is 13.8 Å². The fourth-order valence-electron chi connectivity index (χ4n) is 4.58. The summed E-state index contributed by atoms with van der Waals surface area (Å²) in [5, 5.41) is 2.61. The van der Waals surface area contributed by atoms with Crippen molar-refractivity contribution < 1.29 is 9.53 Å². The van der Waals surface area contributed by atoms with E-state index >= 15 is 0 Å². The van der Waals surface area contributed by atoms with Gasteiger partial charge >= 0.3 is 5.97 Å². The Hall–Kier alpha value is -2.72. The van der Waals surface area contributed by atoms with E-state index in [4.69, 9.17) is 4.74 Å². The van der Waals surface area contributed by atoms with Gasteiger partial charge in [-0.3, -0.25) is 4.79 Å². The van der Waals surface area contributed by atoms with Gasteiger partial charge < -0.3 is 9.30 Å². The molecule has 0 aliphatic heterocycles. The number of aromatic nitrogens is 1. The summed E-state index contributed by atoms with van der Waals surface area (Å²) in [6.07, 6.45) is 4.34. The molecule has 0 aliphatic rings. The molecular weight excluding hydrogens is 414 g/mol. The minimum Gasteiger partial charge on any atom is -0.463 e. The first-order chi connectivity index (χ1) is 15.5. The van der Waals surface area contributed by atoms with Crippen LogP contribution in [0.2, 0.25) is 0 Å². The number of hydrogen-bond acceptors (Lipinski definition) is 3. The van der Waals surface area contributed by atoms with Crippen LogP contribution in [0.5, 0.6) is 0 Å². The number of aryl methyl sites for hydroxylation is 1. The third-order valence-electron chi connectivity index (χ3n) is 5.76. The standard InChI is InChI=1S/C28H31NO2S/c1-5-11-21-16-22(17-25(30)31-19(2)3)28(32-4)27-26(21)23-14-9-10-15-24(23)29(27)18-20-12-7-6-8-13-20/h6-10,12-16,19H,5,11,17-18H2,1-4H3. The van der Waals surface area contributed by atoms with Gasteiger partial charge in [0.15, 0.2) is 0 Å². The molecule has 0 radical (unpaired) electrons. The SMILES string of the molecule is CCCc1cc(CC(=O)OC(C)C)c(SC)c2c1c1ccccc1n2Cc1ccccc1. The van der Waals surface area contributed by atoms with Crippen molar-refractivity contribution in [2.75, 3.05) is 6.26 Å². The van der Waals surface area contributed by atoms with E-state index in [-0.39, 0.29) is 12.1 Å². The maximum absolute atomic E-state index is 12.6. The van der Waals surface area contributed by atoms with Crippen LogP contribution in [-0.4, -0.2) is 22.9 Å². The molecule has 4 heteroatoms. The number of hydrogen-bond donors (Lipinski definition) is 0. The molecule has 0 spiro atoms. The van der Waals surface area contributed by atoms with E-state index in [0.717, 1.165) is 24.9 Å². The molecular formula is C28H31NO2S. The van der Waals surface area contributed by atoms with E-state index in [2.05, 4.69) is 78.4 Å². The minimum atomic E-state index is -0.164. The smallest absolute Gasteiger partial charge is 0.310 e. The molecule has 0 aliphatic carbocycles. The summed E-state index contributed by atoms with van der Waals surface area (Å²) in [6, 6.07) is 21.5. The molecule has 166 valence electrons. The van der Waals surface area contributed by atoms with Gasteiger partial charge in [0.25, 0.3) is 0 Å². The van der Waals surface area contributed by atoms with Gasteiger partial charge in [-0.15, -0.1) is 11.8 Å². The molecule has 3 aromatic carbocycles. The van der Waals surface area contributed by atoms with Gasteiger partial charge in [-0.25, -0.2) is 0 Å². The van der Waals surface area contributed by atoms with Crippen molar-refractivity contribution >= 4 is 39.5 Å². The Balaban J connectivity index is 2.00. The molecule has 0 atom stereocenters. The summed E-state index contributed by atoms with van der Waals surface area (Å²) in [5.41, 5.74) is 6.12. The van der Waals surface area contributed by atoms with Crippen molar-refractivity contribution in [1.29, 1.82) is 0 Å². The normalized spacial score (nSPS) is 11.5. The average molecular weight is 446 g/mol. The number of benzene rings is 3. The van der Waals surface area contributed by atoms with Crippen molar-refractivity contribution in [2.45, 2.75) is 57.6 Å². The number of para-hydroxylation sites is 1. The molecule has 32 heavy (non-hydrogen) atoms. The lowest BCUT2D eigenvalue weighted by Gasteiger charge is -2.16. The highest BCUT2D eigenvalue weighted by molar-refractivity contribution is 7.98. The highest BCUT2D eigenvalue weighted by Crippen LogP contribution is 2.40. The molecule has 3 nitrogen and oxygen atoms in total. The lowest BCUT2D eigenvalue weighted by molar-refractivity contribution is -0.146. The van der Waals surface area contributed by atoms with Crippen LogP contribution in [0, 0.1) is 0 Å². The third-order valence-corrected chi connectivity index (χ3v) is 6.62. The van der Waals surface area contributed by atoms with Gasteiger partial charge in [0.1, 0.15) is 0 Å². The predicted molar refractivity (Wildman–Crippen MR) is 136 cm³/mol. The molecule has 0 amide bonds. The summed E-state index contributed by atoms with van der Waals surface area (Å²) < 4.78 is 7.93. The number of thioether (sulfide) groups is 1. The Bertz CT molecular complexity index is 1240. The first-order valence-electron chi connectivity index (χ1n) is 11.4. The summed E-state index contributed by atoms with van der Waals surface area (Å²) in [7, 11) is 0. The number of nitrogens with zero attached hydrogens (tertiary/aromatic N) is 1. The quantitative estimate of drug-likeness (QED) is 0.216. The van der Waals surface area contributed by atoms with Crippen molar-refractivity contribution in [3.05, 3.63) is 77.4 Å². The predicted octanol–water partition coefficient (Wildman–Crippen LogP) is 7.01. The van der Waals surface area contributed by atoms with Crippen molar-refractivity contribution in [1.82, 2.24) is 4.57 Å². The monoisotopic (exact) mass is 445 g/mol. The van der Waals surface area contributed by atoms with Crippen LogP contribution in [0.3, 0.4) is 0 Å². The highest BCUT2D eigenvalue weighted by atomic mass is 32.2. The summed E-state index contributed by atoms with van der Waals surface area (Å²) in [4.78, 5) is 13.8. The second kappa shape index (κ2) is 9.83. The van der Waals surface area contributed by atoms with Gasteiger partial charge in [-0.05, 0) is 49.3 Å². The average Bonchev–Trinajstić information content (AvgIpc) is 3.09. The molecule has 4 rings (SSSR count). The molecule has 1 aromatic heterocycles. The molecule has 0 saturated carbocycles. The first-order valence-corrected chi connectivity index (χ1v) is 12.6. The van der Waals surface area contributed by atoms with Crippen LogP contribution in [0.4, 0.5) is 0 Å². The zero-order valence-electron chi connectivity index (χ0n) is 19.4. The molecule has 0 bridgehead atoms. The third kappa shape index (κ3) is 4.42. The van der Waals surface area contributed by atoms with Gasteiger partial charge in [0, 0.05) is 27.7 Å². The van der Waals surface area contributed by atoms with Crippen LogP contribution in [0.1, 0.15) is 43.9 Å². The van der Waals surface area contributed by atoms with Gasteiger partial charge in [-0.2, -0.15) is 0 Å². The summed E-state index contributed by atoms with van der Waals surface area (Å²) in [5.74, 6) is -0.164. The Morgan fingerprint density at radius 3 is 2.44 bits per heavy atom. The lowest BCUT2D eigenvalue weighted by atomic mass is 9.98. The highest BCUT2D eigenvalue weighted by Gasteiger charge is 2.22. The van der Waals surface area contributed by atoms with Crippen LogP contribution in [-0.2, 0) is 28.9 Å². The Morgan fingerprint density at radius 2 is 1.75 bits per heavy atom. The van der Waals surface area contributed by atoms with Crippen molar-refractivity contribution in [3.8, 4) is 0 Å². The molecule has 0 fully saturated rings. The Morgan fingerprint density at radius 1 is 1.03 bits per heavy atom. The molecule has 1 heterocycles. The topological polar surface area (TPSA) is 31.2 Å². The van der Waals surface area contributed by atoms with Crippen LogP contribution in [0.25, 0.3) is 21.8 Å². The van der Waals surface area contributed by atoms with Crippen LogP contribution >= 0.6 is 11.8 Å². The summed E-state index contributed by atoms with van der Waals surface area (Å²) in [6.45, 7) is 6.81. The number of carbonyl (C=O) groups excluding carboxylic acids is 1. The molecule has 4 aromatic rings. The van der Waals surface area contributed by atoms with Gasteiger partial charge in [0.2, 0.25) is 0 Å². The lowest BCUT2D eigenvalue weighted by Crippen LogP contribution is -2.14.